The van der Waals surface area contributed by atoms with E-state index in [1.165, 1.54) is 0 Å². The maximum Gasteiger partial charge on any atom is 0.248 e. The third kappa shape index (κ3) is 1.22. The Balaban J connectivity index is 2.14. The summed E-state index contributed by atoms with van der Waals surface area (Å²) in [5.74, 6) is 0.764. The standard InChI is InChI=1S/C6H8N6/c7-5-10-6(12-11-5)9-4-1-2-8-3-4/h1-3,8H,(H4,7,9,10,11,12). The van der Waals surface area contributed by atoms with Crippen molar-refractivity contribution in [1.29, 1.82) is 0 Å². The molecule has 0 aromatic carbocycles. The van der Waals surface area contributed by atoms with Crippen LogP contribution in [0.25, 0.3) is 0 Å². The highest BCUT2D eigenvalue weighted by atomic mass is 15.3. The third-order valence-corrected chi connectivity index (χ3v) is 1.36. The molecule has 0 unspecified atom stereocenters. The van der Waals surface area contributed by atoms with Crippen LogP contribution in [0.4, 0.5) is 17.6 Å². The summed E-state index contributed by atoms with van der Waals surface area (Å²) in [4.78, 5) is 6.77. The van der Waals surface area contributed by atoms with Gasteiger partial charge in [-0.2, -0.15) is 4.98 Å². The van der Waals surface area contributed by atoms with E-state index in [1.54, 1.807) is 12.4 Å². The Bertz CT molecular complexity index is 348. The predicted octanol–water partition coefficient (Wildman–Crippen LogP) is 0.459. The number of H-pyrrole nitrogens is 2. The van der Waals surface area contributed by atoms with E-state index in [1.807, 2.05) is 6.07 Å². The Morgan fingerprint density at radius 3 is 3.00 bits per heavy atom. The lowest BCUT2D eigenvalue weighted by atomic mass is 10.5. The predicted molar refractivity (Wildman–Crippen MR) is 44.9 cm³/mol. The van der Waals surface area contributed by atoms with Gasteiger partial charge in [0.1, 0.15) is 0 Å². The second-order valence-corrected chi connectivity index (χ2v) is 2.27. The SMILES string of the molecule is Nc1nc(Nc2cc[nH]c2)n[nH]1. The van der Waals surface area contributed by atoms with Crippen LogP contribution in [0.15, 0.2) is 18.5 Å². The van der Waals surface area contributed by atoms with E-state index >= 15 is 0 Å². The zero-order valence-electron chi connectivity index (χ0n) is 6.20. The molecule has 0 radical (unpaired) electrons. The molecule has 0 saturated heterocycles. The topological polar surface area (TPSA) is 95.4 Å². The van der Waals surface area contributed by atoms with Gasteiger partial charge in [0.25, 0.3) is 0 Å². The van der Waals surface area contributed by atoms with Gasteiger partial charge in [-0.25, -0.2) is 5.10 Å². The highest BCUT2D eigenvalue weighted by molar-refractivity contribution is 5.51. The van der Waals surface area contributed by atoms with Crippen molar-refractivity contribution < 1.29 is 0 Å². The summed E-state index contributed by atoms with van der Waals surface area (Å²) in [7, 11) is 0. The molecule has 2 rings (SSSR count). The van der Waals surface area contributed by atoms with Gasteiger partial charge in [0.15, 0.2) is 0 Å². The Labute approximate surface area is 68.2 Å². The normalized spacial score (nSPS) is 10.0. The molecule has 2 heterocycles. The van der Waals surface area contributed by atoms with Crippen molar-refractivity contribution in [1.82, 2.24) is 20.2 Å². The van der Waals surface area contributed by atoms with Crippen molar-refractivity contribution in [2.24, 2.45) is 0 Å². The number of nitrogen functional groups attached to an aromatic ring is 1. The summed E-state index contributed by atoms with van der Waals surface area (Å²) < 4.78 is 0. The number of aromatic amines is 2. The minimum Gasteiger partial charge on any atom is -0.368 e. The minimum atomic E-state index is 0.299. The molecule has 0 aliphatic heterocycles. The maximum absolute atomic E-state index is 5.33. The maximum atomic E-state index is 5.33. The fourth-order valence-corrected chi connectivity index (χ4v) is 0.861. The first-order chi connectivity index (χ1) is 5.84. The van der Waals surface area contributed by atoms with Gasteiger partial charge >= 0.3 is 0 Å². The highest BCUT2D eigenvalue weighted by Crippen LogP contribution is 2.10. The molecule has 0 saturated carbocycles. The van der Waals surface area contributed by atoms with Gasteiger partial charge < -0.3 is 16.0 Å². The summed E-state index contributed by atoms with van der Waals surface area (Å²) in [5.41, 5.74) is 6.23. The van der Waals surface area contributed by atoms with Gasteiger partial charge in [-0.15, -0.1) is 5.10 Å². The molecule has 0 aliphatic rings. The van der Waals surface area contributed by atoms with Gasteiger partial charge in [-0.1, -0.05) is 0 Å². The van der Waals surface area contributed by atoms with Crippen LogP contribution in [-0.4, -0.2) is 20.2 Å². The van der Waals surface area contributed by atoms with Crippen LogP contribution in [0.1, 0.15) is 0 Å². The Morgan fingerprint density at radius 2 is 2.42 bits per heavy atom. The molecule has 0 atom stereocenters. The largest absolute Gasteiger partial charge is 0.368 e. The van der Waals surface area contributed by atoms with Crippen molar-refractivity contribution in [3.63, 3.8) is 0 Å². The van der Waals surface area contributed by atoms with Crippen molar-refractivity contribution in [3.8, 4) is 0 Å². The minimum absolute atomic E-state index is 0.299. The second kappa shape index (κ2) is 2.57. The summed E-state index contributed by atoms with van der Waals surface area (Å²) >= 11 is 0. The molecule has 12 heavy (non-hydrogen) atoms. The summed E-state index contributed by atoms with van der Waals surface area (Å²) in [6.45, 7) is 0. The molecule has 0 spiro atoms. The molecule has 0 bridgehead atoms. The van der Waals surface area contributed by atoms with Gasteiger partial charge in [0.2, 0.25) is 11.9 Å². The first kappa shape index (κ1) is 6.71. The van der Waals surface area contributed by atoms with Crippen molar-refractivity contribution in [2.75, 3.05) is 11.1 Å². The zero-order chi connectivity index (χ0) is 8.39. The monoisotopic (exact) mass is 164 g/mol. The lowest BCUT2D eigenvalue weighted by molar-refractivity contribution is 1.10. The van der Waals surface area contributed by atoms with Crippen LogP contribution in [-0.2, 0) is 0 Å². The highest BCUT2D eigenvalue weighted by Gasteiger charge is 1.99. The summed E-state index contributed by atoms with van der Waals surface area (Å²) in [5, 5.41) is 9.27. The number of hydrogen-bond acceptors (Lipinski definition) is 4. The number of nitrogens with one attached hydrogen (secondary N) is 3. The molecule has 0 fully saturated rings. The molecule has 2 aromatic heterocycles. The first-order valence-corrected chi connectivity index (χ1v) is 3.42. The average molecular weight is 164 g/mol. The molecule has 0 amide bonds. The van der Waals surface area contributed by atoms with Crippen molar-refractivity contribution >= 4 is 17.6 Å². The van der Waals surface area contributed by atoms with Gasteiger partial charge in [0.05, 0.1) is 5.69 Å². The number of nitrogens with two attached hydrogens (primary N) is 1. The van der Waals surface area contributed by atoms with Crippen LogP contribution < -0.4 is 11.1 Å². The fourth-order valence-electron chi connectivity index (χ4n) is 0.861. The number of aromatic nitrogens is 4. The van der Waals surface area contributed by atoms with Gasteiger partial charge in [0, 0.05) is 12.4 Å². The van der Waals surface area contributed by atoms with E-state index in [9.17, 15) is 0 Å². The molecular weight excluding hydrogens is 156 g/mol. The smallest absolute Gasteiger partial charge is 0.248 e. The second-order valence-electron chi connectivity index (χ2n) is 2.27. The van der Waals surface area contributed by atoms with Crippen LogP contribution in [0.2, 0.25) is 0 Å². The Morgan fingerprint density at radius 1 is 1.50 bits per heavy atom. The van der Waals surface area contributed by atoms with Crippen LogP contribution in [0, 0.1) is 0 Å². The Hall–Kier alpha value is -1.98. The van der Waals surface area contributed by atoms with E-state index in [0.717, 1.165) is 5.69 Å². The lowest BCUT2D eigenvalue weighted by Gasteiger charge is -1.93. The molecule has 2 aromatic rings. The van der Waals surface area contributed by atoms with Crippen LogP contribution in [0.5, 0.6) is 0 Å². The molecule has 6 nitrogen and oxygen atoms in total. The molecule has 0 aliphatic carbocycles. The first-order valence-electron chi connectivity index (χ1n) is 3.42. The number of hydrogen-bond donors (Lipinski definition) is 4. The van der Waals surface area contributed by atoms with E-state index in [4.69, 9.17) is 5.73 Å². The molecule has 5 N–H and O–H groups in total. The fraction of sp³-hybridized carbons (Fsp3) is 0. The molecule has 6 heteroatoms. The zero-order valence-corrected chi connectivity index (χ0v) is 6.20. The quantitative estimate of drug-likeness (QED) is 0.518. The summed E-state index contributed by atoms with van der Waals surface area (Å²) in [6, 6.07) is 1.87. The number of anilines is 3. The lowest BCUT2D eigenvalue weighted by Crippen LogP contribution is -1.90. The summed E-state index contributed by atoms with van der Waals surface area (Å²) in [6.07, 6.45) is 3.60. The molecular formula is C6H8N6. The van der Waals surface area contributed by atoms with E-state index in [0.29, 0.717) is 11.9 Å². The number of nitrogens with zero attached hydrogens (tertiary/aromatic N) is 2. The average Bonchev–Trinajstić information content (AvgIpc) is 2.63. The van der Waals surface area contributed by atoms with Crippen LogP contribution in [0.3, 0.4) is 0 Å². The number of rotatable bonds is 2. The third-order valence-electron chi connectivity index (χ3n) is 1.36. The van der Waals surface area contributed by atoms with E-state index in [-0.39, 0.29) is 0 Å². The van der Waals surface area contributed by atoms with Crippen molar-refractivity contribution in [3.05, 3.63) is 18.5 Å². The Kier molecular flexibility index (Phi) is 1.44. The van der Waals surface area contributed by atoms with E-state index < -0.39 is 0 Å². The van der Waals surface area contributed by atoms with E-state index in [2.05, 4.69) is 25.5 Å². The van der Waals surface area contributed by atoms with Gasteiger partial charge in [-0.3, -0.25) is 0 Å². The van der Waals surface area contributed by atoms with Gasteiger partial charge in [-0.05, 0) is 6.07 Å². The van der Waals surface area contributed by atoms with Crippen LogP contribution >= 0.6 is 0 Å². The molecule has 62 valence electrons. The van der Waals surface area contributed by atoms with Crippen molar-refractivity contribution in [2.45, 2.75) is 0 Å².